The summed E-state index contributed by atoms with van der Waals surface area (Å²) in [5, 5.41) is 0. The number of aryl methyl sites for hydroxylation is 1. The second kappa shape index (κ2) is 4.82. The van der Waals surface area contributed by atoms with Crippen LogP contribution in [0.3, 0.4) is 0 Å². The van der Waals surface area contributed by atoms with Crippen LogP contribution in [0, 0.1) is 6.92 Å². The third-order valence-electron chi connectivity index (χ3n) is 2.87. The van der Waals surface area contributed by atoms with Crippen molar-refractivity contribution in [1.82, 2.24) is 0 Å². The molecule has 1 aliphatic carbocycles. The molecule has 1 aromatic rings. The Bertz CT molecular complexity index is 499. The zero-order chi connectivity index (χ0) is 14.3. The molecule has 0 spiro atoms. The molecule has 0 radical (unpaired) electrons. The van der Waals surface area contributed by atoms with Crippen LogP contribution in [0.25, 0.3) is 0 Å². The van der Waals surface area contributed by atoms with Gasteiger partial charge in [-0.2, -0.15) is 0 Å². The molecule has 19 heavy (non-hydrogen) atoms. The van der Waals surface area contributed by atoms with Crippen molar-refractivity contribution in [3.8, 4) is 5.75 Å². The highest BCUT2D eigenvalue weighted by Crippen LogP contribution is 2.44. The molecule has 1 aliphatic rings. The minimum atomic E-state index is -0.788. The van der Waals surface area contributed by atoms with Gasteiger partial charge in [0.2, 0.25) is 5.60 Å². The molecule has 0 aromatic heterocycles. The van der Waals surface area contributed by atoms with Crippen LogP contribution >= 0.6 is 15.9 Å². The van der Waals surface area contributed by atoms with Gasteiger partial charge in [-0.05, 0) is 61.3 Å². The maximum atomic E-state index is 12.2. The number of carbonyl (C=O) groups excluding carboxylic acids is 1. The van der Waals surface area contributed by atoms with E-state index in [1.807, 2.05) is 45.9 Å². The predicted molar refractivity (Wildman–Crippen MR) is 77.3 cm³/mol. The minimum Gasteiger partial charge on any atom is -0.474 e. The number of benzene rings is 1. The topological polar surface area (TPSA) is 35.5 Å². The molecule has 0 heterocycles. The maximum absolute atomic E-state index is 12.2. The summed E-state index contributed by atoms with van der Waals surface area (Å²) in [6, 6.07) is 5.84. The smallest absolute Gasteiger partial charge is 0.351 e. The molecule has 0 saturated heterocycles. The van der Waals surface area contributed by atoms with Crippen molar-refractivity contribution in [2.45, 2.75) is 51.7 Å². The van der Waals surface area contributed by atoms with Gasteiger partial charge in [-0.15, -0.1) is 0 Å². The fraction of sp³-hybridized carbons (Fsp3) is 0.533. The van der Waals surface area contributed by atoms with Gasteiger partial charge in [0.1, 0.15) is 11.4 Å². The number of hydrogen-bond donors (Lipinski definition) is 0. The molecular weight excluding hydrogens is 308 g/mol. The highest BCUT2D eigenvalue weighted by atomic mass is 79.9. The Morgan fingerprint density at radius 1 is 1.32 bits per heavy atom. The molecule has 0 unspecified atom stereocenters. The summed E-state index contributed by atoms with van der Waals surface area (Å²) < 4.78 is 12.2. The lowest BCUT2D eigenvalue weighted by atomic mass is 10.2. The first-order chi connectivity index (χ1) is 8.72. The summed E-state index contributed by atoms with van der Waals surface area (Å²) in [6.07, 6.45) is 1.42. The van der Waals surface area contributed by atoms with Crippen molar-refractivity contribution in [3.63, 3.8) is 0 Å². The van der Waals surface area contributed by atoms with E-state index in [1.54, 1.807) is 0 Å². The number of halogens is 1. The lowest BCUT2D eigenvalue weighted by Gasteiger charge is -2.24. The lowest BCUT2D eigenvalue weighted by molar-refractivity contribution is -0.165. The highest BCUT2D eigenvalue weighted by molar-refractivity contribution is 9.10. The van der Waals surface area contributed by atoms with Crippen molar-refractivity contribution < 1.29 is 14.3 Å². The molecule has 1 saturated carbocycles. The normalized spacial score (nSPS) is 16.9. The quantitative estimate of drug-likeness (QED) is 0.787. The first-order valence-corrected chi connectivity index (χ1v) is 7.20. The molecule has 1 fully saturated rings. The molecule has 1 aromatic carbocycles. The van der Waals surface area contributed by atoms with E-state index in [-0.39, 0.29) is 5.97 Å². The molecule has 0 atom stereocenters. The van der Waals surface area contributed by atoms with Crippen molar-refractivity contribution in [1.29, 1.82) is 0 Å². The van der Waals surface area contributed by atoms with Crippen LogP contribution in [-0.2, 0) is 9.53 Å². The monoisotopic (exact) mass is 326 g/mol. The largest absolute Gasteiger partial charge is 0.474 e. The Morgan fingerprint density at radius 2 is 1.95 bits per heavy atom. The average Bonchev–Trinajstić information content (AvgIpc) is 3.02. The maximum Gasteiger partial charge on any atom is 0.351 e. The molecular formula is C15H19BrO3. The second-order valence-corrected chi connectivity index (χ2v) is 6.89. The average molecular weight is 327 g/mol. The standard InChI is InChI=1S/C15H19BrO3/c1-10-5-6-11(16)12(9-10)18-15(7-8-15)13(17)19-14(2,3)4/h5-6,9H,7-8H2,1-4H3. The van der Waals surface area contributed by atoms with Crippen LogP contribution in [0.4, 0.5) is 0 Å². The minimum absolute atomic E-state index is 0.270. The second-order valence-electron chi connectivity index (χ2n) is 6.03. The Kier molecular flexibility index (Phi) is 3.65. The van der Waals surface area contributed by atoms with E-state index in [9.17, 15) is 4.79 Å². The zero-order valence-electron chi connectivity index (χ0n) is 11.7. The van der Waals surface area contributed by atoms with Crippen molar-refractivity contribution in [2.75, 3.05) is 0 Å². The van der Waals surface area contributed by atoms with Gasteiger partial charge in [0, 0.05) is 12.8 Å². The Labute approximate surface area is 122 Å². The van der Waals surface area contributed by atoms with E-state index in [1.165, 1.54) is 0 Å². The fourth-order valence-electron chi connectivity index (χ4n) is 1.73. The lowest BCUT2D eigenvalue weighted by Crippen LogP contribution is -2.37. The van der Waals surface area contributed by atoms with Crippen LogP contribution < -0.4 is 4.74 Å². The van der Waals surface area contributed by atoms with Crippen LogP contribution in [0.15, 0.2) is 22.7 Å². The fourth-order valence-corrected chi connectivity index (χ4v) is 2.06. The Hall–Kier alpha value is -1.03. The SMILES string of the molecule is Cc1ccc(Br)c(OC2(C(=O)OC(C)(C)C)CC2)c1. The first kappa shape index (κ1) is 14.4. The molecule has 3 nitrogen and oxygen atoms in total. The summed E-state index contributed by atoms with van der Waals surface area (Å²) in [5.41, 5.74) is -0.179. The van der Waals surface area contributed by atoms with Crippen LogP contribution in [0.5, 0.6) is 5.75 Å². The summed E-state index contributed by atoms with van der Waals surface area (Å²) >= 11 is 3.44. The summed E-state index contributed by atoms with van der Waals surface area (Å²) in [5.74, 6) is 0.428. The Balaban J connectivity index is 2.14. The van der Waals surface area contributed by atoms with Gasteiger partial charge in [-0.25, -0.2) is 4.79 Å². The van der Waals surface area contributed by atoms with Crippen molar-refractivity contribution >= 4 is 21.9 Å². The number of esters is 1. The van der Waals surface area contributed by atoms with E-state index < -0.39 is 11.2 Å². The van der Waals surface area contributed by atoms with E-state index in [2.05, 4.69) is 15.9 Å². The highest BCUT2D eigenvalue weighted by Gasteiger charge is 2.55. The van der Waals surface area contributed by atoms with E-state index >= 15 is 0 Å². The summed E-state index contributed by atoms with van der Waals surface area (Å²) in [6.45, 7) is 7.59. The Morgan fingerprint density at radius 3 is 2.47 bits per heavy atom. The number of hydrogen-bond acceptors (Lipinski definition) is 3. The number of carbonyl (C=O) groups is 1. The predicted octanol–water partition coefficient (Wildman–Crippen LogP) is 4.01. The third kappa shape index (κ3) is 3.50. The van der Waals surface area contributed by atoms with Gasteiger partial charge in [0.25, 0.3) is 0 Å². The van der Waals surface area contributed by atoms with Crippen LogP contribution in [0.2, 0.25) is 0 Å². The third-order valence-corrected chi connectivity index (χ3v) is 3.52. The number of rotatable bonds is 3. The van der Waals surface area contributed by atoms with E-state index in [4.69, 9.17) is 9.47 Å². The van der Waals surface area contributed by atoms with Gasteiger partial charge in [-0.3, -0.25) is 0 Å². The molecule has 4 heteroatoms. The zero-order valence-corrected chi connectivity index (χ0v) is 13.3. The summed E-state index contributed by atoms with van der Waals surface area (Å²) in [7, 11) is 0. The van der Waals surface area contributed by atoms with Crippen molar-refractivity contribution in [3.05, 3.63) is 28.2 Å². The number of ether oxygens (including phenoxy) is 2. The van der Waals surface area contributed by atoms with E-state index in [0.717, 1.165) is 10.0 Å². The van der Waals surface area contributed by atoms with Crippen LogP contribution in [0.1, 0.15) is 39.2 Å². The molecule has 0 bridgehead atoms. The summed E-state index contributed by atoms with van der Waals surface area (Å²) in [4.78, 5) is 12.2. The van der Waals surface area contributed by atoms with Gasteiger partial charge in [-0.1, -0.05) is 6.07 Å². The molecule has 0 N–H and O–H groups in total. The van der Waals surface area contributed by atoms with Gasteiger partial charge in [0.05, 0.1) is 4.47 Å². The van der Waals surface area contributed by atoms with Gasteiger partial charge in [0.15, 0.2) is 0 Å². The van der Waals surface area contributed by atoms with Crippen molar-refractivity contribution in [2.24, 2.45) is 0 Å². The van der Waals surface area contributed by atoms with Crippen LogP contribution in [-0.4, -0.2) is 17.2 Å². The molecule has 0 aliphatic heterocycles. The van der Waals surface area contributed by atoms with Gasteiger partial charge >= 0.3 is 5.97 Å². The molecule has 104 valence electrons. The molecule has 0 amide bonds. The molecule has 2 rings (SSSR count). The first-order valence-electron chi connectivity index (χ1n) is 6.40. The van der Waals surface area contributed by atoms with E-state index in [0.29, 0.717) is 18.6 Å². The van der Waals surface area contributed by atoms with Gasteiger partial charge < -0.3 is 9.47 Å².